The Morgan fingerprint density at radius 3 is 2.62 bits per heavy atom. The molecule has 0 unspecified atom stereocenters. The summed E-state index contributed by atoms with van der Waals surface area (Å²) in [7, 11) is 1.59. The van der Waals surface area contributed by atoms with Gasteiger partial charge in [0, 0.05) is 29.6 Å². The highest BCUT2D eigenvalue weighted by Gasteiger charge is 2.16. The van der Waals surface area contributed by atoms with Crippen LogP contribution < -0.4 is 14.8 Å². The summed E-state index contributed by atoms with van der Waals surface area (Å²) in [6, 6.07) is 3.62. The van der Waals surface area contributed by atoms with Gasteiger partial charge in [-0.1, -0.05) is 18.5 Å². The Kier molecular flexibility index (Phi) is 7.29. The Labute approximate surface area is 132 Å². The van der Waals surface area contributed by atoms with E-state index < -0.39 is 5.60 Å². The standard InChI is InChI=1S/C16H26ClNO3/c1-5-7-18-11-12-9-13(17)10-14(20-4)15(12)21-8-6-16(2,3)19/h9-10,18-19H,5-8,11H2,1-4H3. The second kappa shape index (κ2) is 8.47. The molecule has 5 heteroatoms. The summed E-state index contributed by atoms with van der Waals surface area (Å²) in [5.74, 6) is 1.31. The van der Waals surface area contributed by atoms with E-state index in [0.29, 0.717) is 36.1 Å². The van der Waals surface area contributed by atoms with Gasteiger partial charge in [0.1, 0.15) is 0 Å². The molecule has 1 aromatic rings. The van der Waals surface area contributed by atoms with Crippen molar-refractivity contribution in [2.75, 3.05) is 20.3 Å². The van der Waals surface area contributed by atoms with E-state index in [1.807, 2.05) is 6.07 Å². The fraction of sp³-hybridized carbons (Fsp3) is 0.625. The van der Waals surface area contributed by atoms with E-state index in [1.165, 1.54) is 0 Å². The Morgan fingerprint density at radius 1 is 1.33 bits per heavy atom. The Hall–Kier alpha value is -0.970. The molecule has 0 amide bonds. The third-order valence-electron chi connectivity index (χ3n) is 3.02. The van der Waals surface area contributed by atoms with Crippen LogP contribution in [0.5, 0.6) is 11.5 Å². The molecular formula is C16H26ClNO3. The number of nitrogens with one attached hydrogen (secondary N) is 1. The van der Waals surface area contributed by atoms with Crippen molar-refractivity contribution in [3.63, 3.8) is 0 Å². The number of ether oxygens (including phenoxy) is 2. The van der Waals surface area contributed by atoms with Crippen LogP contribution in [0.1, 0.15) is 39.2 Å². The number of rotatable bonds is 9. The van der Waals surface area contributed by atoms with Gasteiger partial charge in [-0.3, -0.25) is 0 Å². The quantitative estimate of drug-likeness (QED) is 0.686. The van der Waals surface area contributed by atoms with Crippen LogP contribution in [0, 0.1) is 0 Å². The number of hydrogen-bond donors (Lipinski definition) is 2. The first-order valence-electron chi connectivity index (χ1n) is 7.29. The smallest absolute Gasteiger partial charge is 0.165 e. The topological polar surface area (TPSA) is 50.7 Å². The maximum absolute atomic E-state index is 9.76. The van der Waals surface area contributed by atoms with Crippen LogP contribution in [-0.4, -0.2) is 31.0 Å². The van der Waals surface area contributed by atoms with Gasteiger partial charge in [-0.15, -0.1) is 0 Å². The molecular weight excluding hydrogens is 290 g/mol. The Morgan fingerprint density at radius 2 is 2.05 bits per heavy atom. The van der Waals surface area contributed by atoms with Crippen molar-refractivity contribution in [2.45, 2.75) is 45.8 Å². The second-order valence-corrected chi connectivity index (χ2v) is 6.12. The van der Waals surface area contributed by atoms with Crippen LogP contribution in [0.2, 0.25) is 5.02 Å². The summed E-state index contributed by atoms with van der Waals surface area (Å²) in [5, 5.41) is 13.7. The number of hydrogen-bond acceptors (Lipinski definition) is 4. The van der Waals surface area contributed by atoms with Gasteiger partial charge in [-0.2, -0.15) is 0 Å². The molecule has 0 fully saturated rings. The molecule has 0 saturated heterocycles. The maximum atomic E-state index is 9.76. The predicted octanol–water partition coefficient (Wildman–Crippen LogP) is 3.39. The Balaban J connectivity index is 2.85. The minimum Gasteiger partial charge on any atom is -0.493 e. The second-order valence-electron chi connectivity index (χ2n) is 5.68. The molecule has 1 rings (SSSR count). The molecule has 0 aliphatic rings. The lowest BCUT2D eigenvalue weighted by molar-refractivity contribution is 0.0547. The van der Waals surface area contributed by atoms with E-state index in [-0.39, 0.29) is 0 Å². The first kappa shape index (κ1) is 18.1. The van der Waals surface area contributed by atoms with Crippen LogP contribution in [-0.2, 0) is 6.54 Å². The lowest BCUT2D eigenvalue weighted by atomic mass is 10.1. The molecule has 0 aliphatic heterocycles. The summed E-state index contributed by atoms with van der Waals surface area (Å²) in [6.07, 6.45) is 1.60. The van der Waals surface area contributed by atoms with E-state index in [1.54, 1.807) is 27.0 Å². The normalized spacial score (nSPS) is 11.5. The monoisotopic (exact) mass is 315 g/mol. The Bertz CT molecular complexity index is 444. The highest BCUT2D eigenvalue weighted by Crippen LogP contribution is 2.35. The van der Waals surface area contributed by atoms with E-state index in [4.69, 9.17) is 21.1 Å². The summed E-state index contributed by atoms with van der Waals surface area (Å²) < 4.78 is 11.2. The average Bonchev–Trinajstić information content (AvgIpc) is 2.39. The van der Waals surface area contributed by atoms with Crippen molar-refractivity contribution < 1.29 is 14.6 Å². The molecule has 4 nitrogen and oxygen atoms in total. The molecule has 0 radical (unpaired) electrons. The van der Waals surface area contributed by atoms with Crippen LogP contribution in [0.3, 0.4) is 0 Å². The molecule has 21 heavy (non-hydrogen) atoms. The third-order valence-corrected chi connectivity index (χ3v) is 3.24. The van der Waals surface area contributed by atoms with Gasteiger partial charge in [0.15, 0.2) is 11.5 Å². The molecule has 0 atom stereocenters. The van der Waals surface area contributed by atoms with E-state index in [9.17, 15) is 5.11 Å². The zero-order chi connectivity index (χ0) is 15.9. The molecule has 0 aromatic heterocycles. The lowest BCUT2D eigenvalue weighted by Crippen LogP contribution is -2.22. The zero-order valence-electron chi connectivity index (χ0n) is 13.3. The molecule has 2 N–H and O–H groups in total. The highest BCUT2D eigenvalue weighted by atomic mass is 35.5. The number of aliphatic hydroxyl groups is 1. The molecule has 120 valence electrons. The van der Waals surface area contributed by atoms with Crippen molar-refractivity contribution in [1.82, 2.24) is 5.32 Å². The van der Waals surface area contributed by atoms with Crippen LogP contribution in [0.15, 0.2) is 12.1 Å². The number of halogens is 1. The van der Waals surface area contributed by atoms with Gasteiger partial charge in [-0.25, -0.2) is 0 Å². The van der Waals surface area contributed by atoms with Crippen molar-refractivity contribution in [3.8, 4) is 11.5 Å². The van der Waals surface area contributed by atoms with Crippen LogP contribution >= 0.6 is 11.6 Å². The van der Waals surface area contributed by atoms with Crippen LogP contribution in [0.4, 0.5) is 0 Å². The van der Waals surface area contributed by atoms with Crippen molar-refractivity contribution >= 4 is 11.6 Å². The number of methoxy groups -OCH3 is 1. The van der Waals surface area contributed by atoms with E-state index >= 15 is 0 Å². The minimum atomic E-state index is -0.750. The molecule has 0 bridgehead atoms. The van der Waals surface area contributed by atoms with Gasteiger partial charge < -0.3 is 19.9 Å². The first-order valence-corrected chi connectivity index (χ1v) is 7.67. The van der Waals surface area contributed by atoms with E-state index in [2.05, 4.69) is 12.2 Å². The SMILES string of the molecule is CCCNCc1cc(Cl)cc(OC)c1OCCC(C)(C)O. The fourth-order valence-corrected chi connectivity index (χ4v) is 2.10. The predicted molar refractivity (Wildman–Crippen MR) is 86.4 cm³/mol. The minimum absolute atomic E-state index is 0.419. The molecule has 0 spiro atoms. The van der Waals surface area contributed by atoms with Gasteiger partial charge >= 0.3 is 0 Å². The largest absolute Gasteiger partial charge is 0.493 e. The summed E-state index contributed by atoms with van der Waals surface area (Å²) in [4.78, 5) is 0. The van der Waals surface area contributed by atoms with Crippen molar-refractivity contribution in [2.24, 2.45) is 0 Å². The summed E-state index contributed by atoms with van der Waals surface area (Å²) in [5.41, 5.74) is 0.212. The molecule has 0 saturated carbocycles. The average molecular weight is 316 g/mol. The molecule has 0 aliphatic carbocycles. The van der Waals surface area contributed by atoms with Gasteiger partial charge in [0.2, 0.25) is 0 Å². The van der Waals surface area contributed by atoms with Gasteiger partial charge in [0.05, 0.1) is 19.3 Å². The van der Waals surface area contributed by atoms with Crippen LogP contribution in [0.25, 0.3) is 0 Å². The zero-order valence-corrected chi connectivity index (χ0v) is 14.1. The van der Waals surface area contributed by atoms with E-state index in [0.717, 1.165) is 18.5 Å². The first-order chi connectivity index (χ1) is 9.87. The fourth-order valence-electron chi connectivity index (χ4n) is 1.87. The van der Waals surface area contributed by atoms with Crippen molar-refractivity contribution in [1.29, 1.82) is 0 Å². The summed E-state index contributed by atoms with van der Waals surface area (Å²) >= 11 is 6.12. The summed E-state index contributed by atoms with van der Waals surface area (Å²) in [6.45, 7) is 7.66. The van der Waals surface area contributed by atoms with Gasteiger partial charge in [-0.05, 0) is 32.9 Å². The molecule has 0 heterocycles. The maximum Gasteiger partial charge on any atom is 0.165 e. The van der Waals surface area contributed by atoms with Gasteiger partial charge in [0.25, 0.3) is 0 Å². The third kappa shape index (κ3) is 6.55. The molecule has 1 aromatic carbocycles. The lowest BCUT2D eigenvalue weighted by Gasteiger charge is -2.20. The number of benzene rings is 1. The highest BCUT2D eigenvalue weighted by molar-refractivity contribution is 6.30. The van der Waals surface area contributed by atoms with Crippen molar-refractivity contribution in [3.05, 3.63) is 22.7 Å².